The number of benzene rings is 1. The van der Waals surface area contributed by atoms with Gasteiger partial charge in [-0.05, 0) is 24.5 Å². The monoisotopic (exact) mass is 309 g/mol. The molecular weight excluding hydrogens is 296 g/mol. The Morgan fingerprint density at radius 3 is 2.50 bits per heavy atom. The first-order chi connectivity index (χ1) is 8.42. The molecule has 0 aliphatic heterocycles. The van der Waals surface area contributed by atoms with Gasteiger partial charge >= 0.3 is 5.97 Å². The summed E-state index contributed by atoms with van der Waals surface area (Å²) in [5, 5.41) is 1.01. The van der Waals surface area contributed by atoms with E-state index in [1.165, 1.54) is 13.2 Å². The van der Waals surface area contributed by atoms with Crippen LogP contribution in [0.4, 0.5) is 5.69 Å². The Balaban J connectivity index is 3.11. The molecule has 0 fully saturated rings. The van der Waals surface area contributed by atoms with Gasteiger partial charge in [0.15, 0.2) is 0 Å². The van der Waals surface area contributed by atoms with E-state index in [9.17, 15) is 4.79 Å². The summed E-state index contributed by atoms with van der Waals surface area (Å²) in [6.07, 6.45) is 1.00. The first kappa shape index (κ1) is 15.4. The Labute approximate surface area is 121 Å². The minimum absolute atomic E-state index is 0.275. The van der Waals surface area contributed by atoms with Crippen LogP contribution in [-0.2, 0) is 16.0 Å². The van der Waals surface area contributed by atoms with Crippen molar-refractivity contribution >= 4 is 46.5 Å². The number of hydrogen-bond acceptors (Lipinski definition) is 3. The average molecular weight is 311 g/mol. The molecule has 3 nitrogen and oxygen atoms in total. The average Bonchev–Trinajstić information content (AvgIpc) is 2.35. The number of hydrogen-bond donors (Lipinski definition) is 1. The quantitative estimate of drug-likeness (QED) is 0.676. The van der Waals surface area contributed by atoms with Crippen molar-refractivity contribution in [1.82, 2.24) is 0 Å². The van der Waals surface area contributed by atoms with Gasteiger partial charge in [0.05, 0.1) is 28.8 Å². The maximum absolute atomic E-state index is 11.6. The fourth-order valence-electron chi connectivity index (χ4n) is 1.64. The largest absolute Gasteiger partial charge is 0.469 e. The van der Waals surface area contributed by atoms with Crippen LogP contribution in [0.3, 0.4) is 0 Å². The third-order valence-electron chi connectivity index (χ3n) is 2.78. The van der Waals surface area contributed by atoms with E-state index < -0.39 is 0 Å². The zero-order valence-electron chi connectivity index (χ0n) is 10.1. The topological polar surface area (TPSA) is 52.3 Å². The molecule has 18 heavy (non-hydrogen) atoms. The molecule has 1 aromatic carbocycles. The molecule has 6 heteroatoms. The summed E-state index contributed by atoms with van der Waals surface area (Å²) < 4.78 is 4.73. The number of ether oxygens (including phenoxy) is 1. The molecule has 0 aliphatic carbocycles. The number of nitrogen functional groups attached to an aromatic ring is 1. The van der Waals surface area contributed by atoms with Gasteiger partial charge in [0.1, 0.15) is 0 Å². The van der Waals surface area contributed by atoms with Crippen LogP contribution in [-0.4, -0.2) is 13.1 Å². The summed E-state index contributed by atoms with van der Waals surface area (Å²) in [5.41, 5.74) is 6.64. The van der Waals surface area contributed by atoms with E-state index in [1.807, 2.05) is 6.92 Å². The molecule has 0 amide bonds. The number of methoxy groups -OCH3 is 1. The molecule has 1 rings (SSSR count). The van der Waals surface area contributed by atoms with Gasteiger partial charge in [-0.2, -0.15) is 0 Å². The lowest BCUT2D eigenvalue weighted by Gasteiger charge is -2.16. The molecule has 1 unspecified atom stereocenters. The van der Waals surface area contributed by atoms with E-state index in [0.29, 0.717) is 33.5 Å². The fraction of sp³-hybridized carbons (Fsp3) is 0.417. The number of rotatable bonds is 4. The van der Waals surface area contributed by atoms with Crippen molar-refractivity contribution in [1.29, 1.82) is 0 Å². The summed E-state index contributed by atoms with van der Waals surface area (Å²) in [7, 11) is 1.35. The minimum atomic E-state index is -0.300. The van der Waals surface area contributed by atoms with E-state index in [2.05, 4.69) is 0 Å². The number of halogens is 3. The zero-order valence-corrected chi connectivity index (χ0v) is 12.4. The van der Waals surface area contributed by atoms with E-state index >= 15 is 0 Å². The smallest absolute Gasteiger partial charge is 0.308 e. The first-order valence-corrected chi connectivity index (χ1v) is 6.55. The van der Waals surface area contributed by atoms with E-state index in [4.69, 9.17) is 45.3 Å². The van der Waals surface area contributed by atoms with Gasteiger partial charge < -0.3 is 10.5 Å². The Morgan fingerprint density at radius 1 is 1.39 bits per heavy atom. The highest BCUT2D eigenvalue weighted by atomic mass is 35.5. The van der Waals surface area contributed by atoms with Gasteiger partial charge in [-0.15, -0.1) is 0 Å². The molecule has 1 atom stereocenters. The number of carbonyl (C=O) groups is 1. The van der Waals surface area contributed by atoms with Gasteiger partial charge in [-0.3, -0.25) is 4.79 Å². The Morgan fingerprint density at radius 2 is 2.00 bits per heavy atom. The highest BCUT2D eigenvalue weighted by Crippen LogP contribution is 2.37. The predicted molar refractivity (Wildman–Crippen MR) is 75.4 cm³/mol. The lowest BCUT2D eigenvalue weighted by atomic mass is 9.96. The van der Waals surface area contributed by atoms with Crippen LogP contribution in [0.2, 0.25) is 15.1 Å². The van der Waals surface area contributed by atoms with Crippen molar-refractivity contribution < 1.29 is 9.53 Å². The van der Waals surface area contributed by atoms with E-state index in [0.717, 1.165) is 0 Å². The second-order valence-electron chi connectivity index (χ2n) is 3.88. The van der Waals surface area contributed by atoms with E-state index in [1.54, 1.807) is 0 Å². The molecule has 0 saturated heterocycles. The fourth-order valence-corrected chi connectivity index (χ4v) is 2.56. The van der Waals surface area contributed by atoms with Crippen molar-refractivity contribution in [2.75, 3.05) is 12.8 Å². The van der Waals surface area contributed by atoms with Crippen molar-refractivity contribution in [2.45, 2.75) is 19.8 Å². The number of anilines is 1. The second kappa shape index (κ2) is 6.50. The summed E-state index contributed by atoms with van der Waals surface area (Å²) >= 11 is 18.1. The normalized spacial score (nSPS) is 12.3. The highest BCUT2D eigenvalue weighted by Gasteiger charge is 2.22. The van der Waals surface area contributed by atoms with Crippen molar-refractivity contribution in [3.05, 3.63) is 26.7 Å². The maximum atomic E-state index is 11.6. The lowest BCUT2D eigenvalue weighted by molar-refractivity contribution is -0.145. The summed E-state index contributed by atoms with van der Waals surface area (Å²) in [6, 6.07) is 1.53. The summed E-state index contributed by atoms with van der Waals surface area (Å²) in [6.45, 7) is 1.89. The third kappa shape index (κ3) is 3.22. The molecular formula is C12H14Cl3NO2. The third-order valence-corrected chi connectivity index (χ3v) is 3.86. The molecule has 0 aromatic heterocycles. The summed E-state index contributed by atoms with van der Waals surface area (Å²) in [4.78, 5) is 11.6. The molecule has 0 spiro atoms. The maximum Gasteiger partial charge on any atom is 0.308 e. The highest BCUT2D eigenvalue weighted by molar-refractivity contribution is 6.42. The standard InChI is InChI=1S/C12H14Cl3NO2/c1-3-6(12(17)18-2)4-7-8(13)5-9(14)11(16)10(7)15/h5-6H,3-4,16H2,1-2H3. The molecule has 0 saturated carbocycles. The van der Waals surface area contributed by atoms with Crippen LogP contribution < -0.4 is 5.73 Å². The van der Waals surface area contributed by atoms with Crippen LogP contribution in [0.1, 0.15) is 18.9 Å². The molecule has 0 aliphatic rings. The zero-order chi connectivity index (χ0) is 13.9. The lowest BCUT2D eigenvalue weighted by Crippen LogP contribution is -2.18. The predicted octanol–water partition coefficient (Wildman–Crippen LogP) is 3.97. The SMILES string of the molecule is CCC(Cc1c(Cl)cc(Cl)c(N)c1Cl)C(=O)OC. The molecule has 100 valence electrons. The second-order valence-corrected chi connectivity index (χ2v) is 5.07. The van der Waals surface area contributed by atoms with Gasteiger partial charge in [-0.1, -0.05) is 41.7 Å². The first-order valence-electron chi connectivity index (χ1n) is 5.42. The van der Waals surface area contributed by atoms with Crippen molar-refractivity contribution in [2.24, 2.45) is 5.92 Å². The molecule has 0 radical (unpaired) electrons. The molecule has 0 heterocycles. The molecule has 1 aromatic rings. The van der Waals surface area contributed by atoms with Crippen LogP contribution in [0.25, 0.3) is 0 Å². The Bertz CT molecular complexity index is 463. The van der Waals surface area contributed by atoms with Crippen LogP contribution >= 0.6 is 34.8 Å². The number of esters is 1. The van der Waals surface area contributed by atoms with Crippen LogP contribution in [0.15, 0.2) is 6.07 Å². The molecule has 2 N–H and O–H groups in total. The summed E-state index contributed by atoms with van der Waals surface area (Å²) in [5.74, 6) is -0.594. The van der Waals surface area contributed by atoms with Gasteiger partial charge in [0.25, 0.3) is 0 Å². The van der Waals surface area contributed by atoms with Crippen LogP contribution in [0, 0.1) is 5.92 Å². The van der Waals surface area contributed by atoms with Gasteiger partial charge in [0, 0.05) is 5.02 Å². The number of carbonyl (C=O) groups excluding carboxylic acids is 1. The van der Waals surface area contributed by atoms with Crippen molar-refractivity contribution in [3.63, 3.8) is 0 Å². The van der Waals surface area contributed by atoms with Crippen molar-refractivity contribution in [3.8, 4) is 0 Å². The Kier molecular flexibility index (Phi) is 5.57. The van der Waals surface area contributed by atoms with Gasteiger partial charge in [-0.25, -0.2) is 0 Å². The van der Waals surface area contributed by atoms with Gasteiger partial charge in [0.2, 0.25) is 0 Å². The minimum Gasteiger partial charge on any atom is -0.469 e. The Hall–Kier alpha value is -0.640. The number of nitrogens with two attached hydrogens (primary N) is 1. The van der Waals surface area contributed by atoms with Crippen LogP contribution in [0.5, 0.6) is 0 Å². The van der Waals surface area contributed by atoms with E-state index in [-0.39, 0.29) is 17.6 Å². The molecule has 0 bridgehead atoms.